The van der Waals surface area contributed by atoms with E-state index in [9.17, 15) is 18.0 Å². The third kappa shape index (κ3) is 5.23. The molecule has 0 unspecified atom stereocenters. The summed E-state index contributed by atoms with van der Waals surface area (Å²) in [6.45, 7) is 1.62. The topological polar surface area (TPSA) is 49.0 Å². The molecule has 0 bridgehead atoms. The Morgan fingerprint density at radius 2 is 1.74 bits per heavy atom. The van der Waals surface area contributed by atoms with E-state index < -0.39 is 11.7 Å². The molecule has 3 aromatic rings. The van der Waals surface area contributed by atoms with E-state index in [1.807, 2.05) is 12.1 Å². The van der Waals surface area contributed by atoms with E-state index in [1.165, 1.54) is 6.07 Å². The molecule has 1 N–H and O–H groups in total. The van der Waals surface area contributed by atoms with Crippen molar-refractivity contribution >= 4 is 11.8 Å². The SMILES string of the molecule is O=c1ccc(-c2ccc(/C=C/C3CCN(c4ccc(C(F)(F)F)cc4)CC3)cn2)c[nH]1. The number of benzene rings is 1. The largest absolute Gasteiger partial charge is 0.416 e. The molecule has 2 aromatic heterocycles. The van der Waals surface area contributed by atoms with Crippen LogP contribution in [0.25, 0.3) is 17.3 Å². The highest BCUT2D eigenvalue weighted by molar-refractivity contribution is 5.60. The van der Waals surface area contributed by atoms with Crippen LogP contribution in [0.2, 0.25) is 0 Å². The first-order valence-electron chi connectivity index (χ1n) is 10.1. The molecule has 7 heteroatoms. The van der Waals surface area contributed by atoms with E-state index in [-0.39, 0.29) is 5.56 Å². The van der Waals surface area contributed by atoms with E-state index in [0.29, 0.717) is 5.92 Å². The Kier molecular flexibility index (Phi) is 5.93. The average Bonchev–Trinajstić information content (AvgIpc) is 2.78. The number of H-pyrrole nitrogens is 1. The van der Waals surface area contributed by atoms with Crippen LogP contribution in [0.4, 0.5) is 18.9 Å². The van der Waals surface area contributed by atoms with Crippen molar-refractivity contribution in [3.8, 4) is 11.3 Å². The first kappa shape index (κ1) is 20.9. The van der Waals surface area contributed by atoms with Crippen molar-refractivity contribution < 1.29 is 13.2 Å². The fourth-order valence-electron chi connectivity index (χ4n) is 3.70. The third-order valence-electron chi connectivity index (χ3n) is 5.53. The van der Waals surface area contributed by atoms with Crippen molar-refractivity contribution in [2.75, 3.05) is 18.0 Å². The van der Waals surface area contributed by atoms with E-state index in [0.717, 1.165) is 60.6 Å². The Labute approximate surface area is 178 Å². The van der Waals surface area contributed by atoms with Crippen molar-refractivity contribution in [1.82, 2.24) is 9.97 Å². The molecule has 160 valence electrons. The summed E-state index contributed by atoms with van der Waals surface area (Å²) in [5.74, 6) is 0.421. The molecule has 4 nitrogen and oxygen atoms in total. The number of aromatic nitrogens is 2. The summed E-state index contributed by atoms with van der Waals surface area (Å²) >= 11 is 0. The zero-order valence-corrected chi connectivity index (χ0v) is 16.8. The maximum Gasteiger partial charge on any atom is 0.416 e. The van der Waals surface area contributed by atoms with Crippen LogP contribution in [0.3, 0.4) is 0 Å². The van der Waals surface area contributed by atoms with Crippen LogP contribution in [-0.2, 0) is 6.18 Å². The van der Waals surface area contributed by atoms with Crippen molar-refractivity contribution in [1.29, 1.82) is 0 Å². The molecule has 3 heterocycles. The van der Waals surface area contributed by atoms with Crippen molar-refractivity contribution in [2.24, 2.45) is 5.92 Å². The van der Waals surface area contributed by atoms with Crippen LogP contribution in [0.15, 0.2) is 71.8 Å². The number of hydrogen-bond acceptors (Lipinski definition) is 3. The Morgan fingerprint density at radius 1 is 1.00 bits per heavy atom. The van der Waals surface area contributed by atoms with Crippen molar-refractivity contribution in [2.45, 2.75) is 19.0 Å². The van der Waals surface area contributed by atoms with Crippen LogP contribution in [0.1, 0.15) is 24.0 Å². The van der Waals surface area contributed by atoms with Crippen LogP contribution >= 0.6 is 0 Å². The Hall–Kier alpha value is -3.35. The van der Waals surface area contributed by atoms with Gasteiger partial charge in [0.25, 0.3) is 0 Å². The lowest BCUT2D eigenvalue weighted by molar-refractivity contribution is -0.137. The maximum atomic E-state index is 12.7. The number of aromatic amines is 1. The second-order valence-corrected chi connectivity index (χ2v) is 7.65. The molecular formula is C24H22F3N3O. The number of pyridine rings is 2. The molecule has 0 spiro atoms. The minimum absolute atomic E-state index is 0.146. The molecule has 1 saturated heterocycles. The molecular weight excluding hydrogens is 403 g/mol. The number of halogens is 3. The van der Waals surface area contributed by atoms with Gasteiger partial charge < -0.3 is 9.88 Å². The van der Waals surface area contributed by atoms with Gasteiger partial charge in [0.05, 0.1) is 11.3 Å². The smallest absolute Gasteiger partial charge is 0.371 e. The zero-order valence-electron chi connectivity index (χ0n) is 16.8. The van der Waals surface area contributed by atoms with Crippen LogP contribution < -0.4 is 10.5 Å². The van der Waals surface area contributed by atoms with Gasteiger partial charge in [0, 0.05) is 42.8 Å². The molecule has 1 aromatic carbocycles. The molecule has 0 aliphatic carbocycles. The van der Waals surface area contributed by atoms with Crippen LogP contribution in [0.5, 0.6) is 0 Å². The first-order valence-corrected chi connectivity index (χ1v) is 10.1. The predicted molar refractivity (Wildman–Crippen MR) is 116 cm³/mol. The summed E-state index contributed by atoms with van der Waals surface area (Å²) < 4.78 is 38.2. The summed E-state index contributed by atoms with van der Waals surface area (Å²) in [5, 5.41) is 0. The van der Waals surface area contributed by atoms with Crippen LogP contribution in [-0.4, -0.2) is 23.1 Å². The molecule has 4 rings (SSSR count). The quantitative estimate of drug-likeness (QED) is 0.610. The maximum absolute atomic E-state index is 12.7. The minimum Gasteiger partial charge on any atom is -0.371 e. The van der Waals surface area contributed by atoms with Crippen molar-refractivity contribution in [3.63, 3.8) is 0 Å². The highest BCUT2D eigenvalue weighted by Gasteiger charge is 2.30. The fourth-order valence-corrected chi connectivity index (χ4v) is 3.70. The number of anilines is 1. The Balaban J connectivity index is 1.32. The third-order valence-corrected chi connectivity index (χ3v) is 5.53. The average molecular weight is 425 g/mol. The van der Waals surface area contributed by atoms with Gasteiger partial charge in [-0.2, -0.15) is 13.2 Å². The number of piperidine rings is 1. The summed E-state index contributed by atoms with van der Waals surface area (Å²) in [4.78, 5) is 20.4. The van der Waals surface area contributed by atoms with E-state index in [1.54, 1.807) is 30.6 Å². The monoisotopic (exact) mass is 425 g/mol. The summed E-state index contributed by atoms with van der Waals surface area (Å²) in [7, 11) is 0. The molecule has 31 heavy (non-hydrogen) atoms. The van der Waals surface area contributed by atoms with Gasteiger partial charge in [-0.25, -0.2) is 0 Å². The van der Waals surface area contributed by atoms with Gasteiger partial charge >= 0.3 is 6.18 Å². The second-order valence-electron chi connectivity index (χ2n) is 7.65. The number of rotatable bonds is 4. The van der Waals surface area contributed by atoms with Gasteiger partial charge in [0.2, 0.25) is 5.56 Å². The van der Waals surface area contributed by atoms with E-state index >= 15 is 0 Å². The number of nitrogens with one attached hydrogen (secondary N) is 1. The summed E-state index contributed by atoms with van der Waals surface area (Å²) in [5.41, 5.74) is 2.71. The molecule has 0 saturated carbocycles. The number of hydrogen-bond donors (Lipinski definition) is 1. The zero-order chi connectivity index (χ0) is 21.8. The first-order chi connectivity index (χ1) is 14.9. The Morgan fingerprint density at radius 3 is 2.32 bits per heavy atom. The number of allylic oxidation sites excluding steroid dienone is 1. The van der Waals surface area contributed by atoms with Gasteiger partial charge in [0.1, 0.15) is 0 Å². The fraction of sp³-hybridized carbons (Fsp3) is 0.250. The normalized spacial score (nSPS) is 15.5. The molecule has 1 fully saturated rings. The molecule has 1 aliphatic rings. The van der Waals surface area contributed by atoms with E-state index in [4.69, 9.17) is 0 Å². The minimum atomic E-state index is -4.30. The van der Waals surface area contributed by atoms with Gasteiger partial charge in [0.15, 0.2) is 0 Å². The van der Waals surface area contributed by atoms with Crippen molar-refractivity contribution in [3.05, 3.63) is 88.5 Å². The van der Waals surface area contributed by atoms with Crippen LogP contribution in [0, 0.1) is 5.92 Å². The summed E-state index contributed by atoms with van der Waals surface area (Å²) in [6, 6.07) is 12.5. The van der Waals surface area contributed by atoms with Gasteiger partial charge in [-0.1, -0.05) is 18.2 Å². The number of alkyl halides is 3. The van der Waals surface area contributed by atoms with Gasteiger partial charge in [-0.15, -0.1) is 0 Å². The van der Waals surface area contributed by atoms with Gasteiger partial charge in [-0.3, -0.25) is 9.78 Å². The lowest BCUT2D eigenvalue weighted by Crippen LogP contribution is -2.33. The Bertz CT molecular complexity index is 1070. The van der Waals surface area contributed by atoms with Gasteiger partial charge in [-0.05, 0) is 60.7 Å². The number of nitrogens with zero attached hydrogens (tertiary/aromatic N) is 2. The lowest BCUT2D eigenvalue weighted by atomic mass is 9.95. The predicted octanol–water partition coefficient (Wildman–Crippen LogP) is 5.39. The highest BCUT2D eigenvalue weighted by Crippen LogP contribution is 2.31. The molecule has 1 aliphatic heterocycles. The standard InChI is InChI=1S/C24H22F3N3O/c25-24(26,27)20-5-7-21(8-6-20)30-13-11-17(12-14-30)1-2-18-3-9-22(28-15-18)19-4-10-23(31)29-16-19/h1-10,15-17H,11-14H2,(H,29,31)/b2-1+. The second kappa shape index (κ2) is 8.79. The molecule has 0 radical (unpaired) electrons. The lowest BCUT2D eigenvalue weighted by Gasteiger charge is -2.32. The summed E-state index contributed by atoms with van der Waals surface area (Å²) in [6.07, 6.45) is 5.27. The molecule has 0 atom stereocenters. The molecule has 0 amide bonds. The van der Waals surface area contributed by atoms with E-state index in [2.05, 4.69) is 27.0 Å². The highest BCUT2D eigenvalue weighted by atomic mass is 19.4.